The van der Waals surface area contributed by atoms with E-state index in [1.807, 2.05) is 12.2 Å². The minimum atomic E-state index is -0.387. The zero-order valence-electron chi connectivity index (χ0n) is 6.91. The second-order valence-electron chi connectivity index (χ2n) is 3.01. The van der Waals surface area contributed by atoms with Gasteiger partial charge in [0.25, 0.3) is 0 Å². The molecule has 1 aliphatic carbocycles. The molecule has 2 heteroatoms. The van der Waals surface area contributed by atoms with Gasteiger partial charge >= 0.3 is 0 Å². The molecule has 0 saturated heterocycles. The molecule has 0 saturated carbocycles. The standard InChI is InChI=1S/C9H14O2/c1-6(10)8-3-4-9(5-8)7(2)11/h3-4,6-7,10-11H,5H2,1-2H3. The van der Waals surface area contributed by atoms with Gasteiger partial charge in [-0.1, -0.05) is 12.2 Å². The Morgan fingerprint density at radius 2 is 1.45 bits per heavy atom. The van der Waals surface area contributed by atoms with Crippen molar-refractivity contribution in [2.24, 2.45) is 0 Å². The minimum Gasteiger partial charge on any atom is -0.389 e. The van der Waals surface area contributed by atoms with Gasteiger partial charge in [-0.3, -0.25) is 0 Å². The summed E-state index contributed by atoms with van der Waals surface area (Å²) in [4.78, 5) is 0. The van der Waals surface area contributed by atoms with Crippen molar-refractivity contribution in [3.8, 4) is 0 Å². The van der Waals surface area contributed by atoms with E-state index in [9.17, 15) is 0 Å². The fourth-order valence-corrected chi connectivity index (χ4v) is 1.14. The van der Waals surface area contributed by atoms with E-state index in [1.165, 1.54) is 0 Å². The Kier molecular flexibility index (Phi) is 2.47. The Morgan fingerprint density at radius 3 is 1.64 bits per heavy atom. The molecule has 1 rings (SSSR count). The first kappa shape index (κ1) is 8.50. The molecular weight excluding hydrogens is 140 g/mol. The molecule has 2 N–H and O–H groups in total. The zero-order chi connectivity index (χ0) is 8.43. The second-order valence-corrected chi connectivity index (χ2v) is 3.01. The lowest BCUT2D eigenvalue weighted by molar-refractivity contribution is 0.217. The molecule has 2 nitrogen and oxygen atoms in total. The fourth-order valence-electron chi connectivity index (χ4n) is 1.14. The number of aliphatic hydroxyl groups excluding tert-OH is 2. The molecule has 0 aromatic rings. The second kappa shape index (κ2) is 3.20. The average Bonchev–Trinajstić information content (AvgIpc) is 2.33. The van der Waals surface area contributed by atoms with Crippen molar-refractivity contribution in [3.63, 3.8) is 0 Å². The number of hydrogen-bond acceptors (Lipinski definition) is 2. The normalized spacial score (nSPS) is 22.5. The van der Waals surface area contributed by atoms with Crippen LogP contribution in [-0.2, 0) is 0 Å². The first-order valence-corrected chi connectivity index (χ1v) is 3.87. The molecule has 2 atom stereocenters. The van der Waals surface area contributed by atoms with Crippen LogP contribution in [0.1, 0.15) is 20.3 Å². The van der Waals surface area contributed by atoms with Gasteiger partial charge in [-0.25, -0.2) is 0 Å². The predicted molar refractivity (Wildman–Crippen MR) is 44.1 cm³/mol. The largest absolute Gasteiger partial charge is 0.389 e. The number of hydrogen-bond donors (Lipinski definition) is 2. The van der Waals surface area contributed by atoms with Crippen LogP contribution in [0.2, 0.25) is 0 Å². The Labute approximate surface area is 66.9 Å². The Hall–Kier alpha value is -0.600. The lowest BCUT2D eigenvalue weighted by Crippen LogP contribution is -2.07. The molecular formula is C9H14O2. The molecule has 0 fully saturated rings. The predicted octanol–water partition coefficient (Wildman–Crippen LogP) is 1.00. The SMILES string of the molecule is CC(O)C1=CC=C(C(C)O)C1. The summed E-state index contributed by atoms with van der Waals surface area (Å²) < 4.78 is 0. The molecule has 0 radical (unpaired) electrons. The van der Waals surface area contributed by atoms with Gasteiger partial charge in [0.15, 0.2) is 0 Å². The van der Waals surface area contributed by atoms with E-state index < -0.39 is 0 Å². The quantitative estimate of drug-likeness (QED) is 0.623. The van der Waals surface area contributed by atoms with Crippen LogP contribution in [-0.4, -0.2) is 22.4 Å². The zero-order valence-corrected chi connectivity index (χ0v) is 6.91. The third-order valence-corrected chi connectivity index (χ3v) is 1.99. The Balaban J connectivity index is 2.52. The van der Waals surface area contributed by atoms with Gasteiger partial charge in [-0.15, -0.1) is 0 Å². The highest BCUT2D eigenvalue weighted by Gasteiger charge is 2.14. The Bertz CT molecular complexity index is 178. The van der Waals surface area contributed by atoms with Crippen LogP contribution in [0.15, 0.2) is 23.3 Å². The van der Waals surface area contributed by atoms with E-state index in [1.54, 1.807) is 13.8 Å². The van der Waals surface area contributed by atoms with Gasteiger partial charge in [-0.05, 0) is 31.4 Å². The van der Waals surface area contributed by atoms with Crippen LogP contribution in [0.5, 0.6) is 0 Å². The van der Waals surface area contributed by atoms with Gasteiger partial charge in [0.05, 0.1) is 12.2 Å². The number of aliphatic hydroxyl groups is 2. The first-order chi connectivity index (χ1) is 5.11. The summed E-state index contributed by atoms with van der Waals surface area (Å²) in [5, 5.41) is 18.3. The molecule has 0 amide bonds. The topological polar surface area (TPSA) is 40.5 Å². The van der Waals surface area contributed by atoms with Crippen molar-refractivity contribution in [2.45, 2.75) is 32.5 Å². The van der Waals surface area contributed by atoms with Crippen molar-refractivity contribution in [1.82, 2.24) is 0 Å². The highest BCUT2D eigenvalue weighted by atomic mass is 16.3. The molecule has 2 unspecified atom stereocenters. The monoisotopic (exact) mass is 154 g/mol. The van der Waals surface area contributed by atoms with Crippen LogP contribution >= 0.6 is 0 Å². The van der Waals surface area contributed by atoms with Crippen LogP contribution < -0.4 is 0 Å². The van der Waals surface area contributed by atoms with E-state index in [2.05, 4.69) is 0 Å². The van der Waals surface area contributed by atoms with Crippen molar-refractivity contribution < 1.29 is 10.2 Å². The van der Waals surface area contributed by atoms with Crippen molar-refractivity contribution in [1.29, 1.82) is 0 Å². The highest BCUT2D eigenvalue weighted by Crippen LogP contribution is 2.23. The van der Waals surface area contributed by atoms with Gasteiger partial charge < -0.3 is 10.2 Å². The average molecular weight is 154 g/mol. The Morgan fingerprint density at radius 1 is 1.09 bits per heavy atom. The molecule has 0 aromatic heterocycles. The smallest absolute Gasteiger partial charge is 0.0728 e. The maximum absolute atomic E-state index is 9.17. The highest BCUT2D eigenvalue weighted by molar-refractivity contribution is 5.33. The molecule has 62 valence electrons. The molecule has 0 bridgehead atoms. The van der Waals surface area contributed by atoms with E-state index in [0.717, 1.165) is 17.6 Å². The lowest BCUT2D eigenvalue weighted by atomic mass is 10.0. The molecule has 0 heterocycles. The summed E-state index contributed by atoms with van der Waals surface area (Å²) in [6.07, 6.45) is 3.71. The maximum atomic E-state index is 9.17. The van der Waals surface area contributed by atoms with E-state index in [4.69, 9.17) is 10.2 Å². The molecule has 0 aromatic carbocycles. The van der Waals surface area contributed by atoms with E-state index in [-0.39, 0.29) is 12.2 Å². The molecule has 0 spiro atoms. The minimum absolute atomic E-state index is 0.387. The van der Waals surface area contributed by atoms with Crippen LogP contribution in [0.4, 0.5) is 0 Å². The van der Waals surface area contributed by atoms with Crippen LogP contribution in [0, 0.1) is 0 Å². The summed E-state index contributed by atoms with van der Waals surface area (Å²) in [6, 6.07) is 0. The fraction of sp³-hybridized carbons (Fsp3) is 0.556. The summed E-state index contributed by atoms with van der Waals surface area (Å²) in [7, 11) is 0. The van der Waals surface area contributed by atoms with E-state index >= 15 is 0 Å². The molecule has 0 aliphatic heterocycles. The molecule has 11 heavy (non-hydrogen) atoms. The van der Waals surface area contributed by atoms with Crippen LogP contribution in [0.3, 0.4) is 0 Å². The van der Waals surface area contributed by atoms with Gasteiger partial charge in [0.1, 0.15) is 0 Å². The van der Waals surface area contributed by atoms with Crippen molar-refractivity contribution >= 4 is 0 Å². The summed E-state index contributed by atoms with van der Waals surface area (Å²) >= 11 is 0. The number of rotatable bonds is 2. The number of allylic oxidation sites excluding steroid dienone is 2. The van der Waals surface area contributed by atoms with Crippen molar-refractivity contribution in [3.05, 3.63) is 23.3 Å². The third-order valence-electron chi connectivity index (χ3n) is 1.99. The van der Waals surface area contributed by atoms with Crippen LogP contribution in [0.25, 0.3) is 0 Å². The van der Waals surface area contributed by atoms with Gasteiger partial charge in [0.2, 0.25) is 0 Å². The van der Waals surface area contributed by atoms with Crippen molar-refractivity contribution in [2.75, 3.05) is 0 Å². The molecule has 1 aliphatic rings. The third kappa shape index (κ3) is 1.91. The first-order valence-electron chi connectivity index (χ1n) is 3.87. The maximum Gasteiger partial charge on any atom is 0.0728 e. The van der Waals surface area contributed by atoms with Gasteiger partial charge in [-0.2, -0.15) is 0 Å². The van der Waals surface area contributed by atoms with Gasteiger partial charge in [0, 0.05) is 0 Å². The lowest BCUT2D eigenvalue weighted by Gasteiger charge is -2.09. The summed E-state index contributed by atoms with van der Waals surface area (Å²) in [6.45, 7) is 3.48. The summed E-state index contributed by atoms with van der Waals surface area (Å²) in [5.74, 6) is 0. The summed E-state index contributed by atoms with van der Waals surface area (Å²) in [5.41, 5.74) is 1.97. The van der Waals surface area contributed by atoms with E-state index in [0.29, 0.717) is 0 Å².